The van der Waals surface area contributed by atoms with Gasteiger partial charge in [-0.15, -0.1) is 0 Å². The van der Waals surface area contributed by atoms with Gasteiger partial charge in [-0.2, -0.15) is 5.10 Å². The lowest BCUT2D eigenvalue weighted by molar-refractivity contribution is 0.112. The molecule has 0 radical (unpaired) electrons. The monoisotopic (exact) mass is 352 g/mol. The predicted molar refractivity (Wildman–Crippen MR) is 83.0 cm³/mol. The van der Waals surface area contributed by atoms with Gasteiger partial charge in [-0.25, -0.2) is 0 Å². The molecule has 1 heterocycles. The average Bonchev–Trinajstić information content (AvgIpc) is 2.79. The van der Waals surface area contributed by atoms with E-state index in [0.29, 0.717) is 23.7 Å². The van der Waals surface area contributed by atoms with E-state index in [1.165, 1.54) is 0 Å². The highest BCUT2D eigenvalue weighted by Crippen LogP contribution is 2.29. The predicted octanol–water partition coefficient (Wildman–Crippen LogP) is 3.15. The molecule has 1 aromatic heterocycles. The Hall–Kier alpha value is -1.82. The van der Waals surface area contributed by atoms with Gasteiger partial charge in [0.1, 0.15) is 12.9 Å². The highest BCUT2D eigenvalue weighted by Gasteiger charge is 2.14. The molecule has 0 aliphatic heterocycles. The topological polar surface area (TPSA) is 53.4 Å². The molecule has 6 heteroatoms. The summed E-state index contributed by atoms with van der Waals surface area (Å²) in [5, 5.41) is 4.42. The molecule has 0 saturated heterocycles. The number of aromatic nitrogens is 2. The van der Waals surface area contributed by atoms with Gasteiger partial charge in [0, 0.05) is 12.6 Å². The van der Waals surface area contributed by atoms with Crippen LogP contribution in [0, 0.1) is 0 Å². The van der Waals surface area contributed by atoms with E-state index in [0.717, 1.165) is 28.6 Å². The van der Waals surface area contributed by atoms with Gasteiger partial charge in [0.25, 0.3) is 0 Å². The minimum absolute atomic E-state index is 0.362. The lowest BCUT2D eigenvalue weighted by Crippen LogP contribution is -2.04. The smallest absolute Gasteiger partial charge is 0.161 e. The van der Waals surface area contributed by atoms with E-state index in [4.69, 9.17) is 9.47 Å². The molecule has 21 heavy (non-hydrogen) atoms. The lowest BCUT2D eigenvalue weighted by atomic mass is 10.2. The van der Waals surface area contributed by atoms with E-state index in [1.807, 2.05) is 7.05 Å². The van der Waals surface area contributed by atoms with Crippen molar-refractivity contribution >= 4 is 22.2 Å². The van der Waals surface area contributed by atoms with Crippen LogP contribution in [0.1, 0.15) is 28.7 Å². The van der Waals surface area contributed by atoms with Crippen LogP contribution in [0.25, 0.3) is 0 Å². The second kappa shape index (κ2) is 6.76. The maximum atomic E-state index is 10.8. The van der Waals surface area contributed by atoms with Crippen LogP contribution < -0.4 is 9.47 Å². The Kier molecular flexibility index (Phi) is 5.01. The van der Waals surface area contributed by atoms with Gasteiger partial charge in [-0.1, -0.05) is 6.92 Å². The molecule has 0 aliphatic rings. The summed E-state index contributed by atoms with van der Waals surface area (Å²) in [7, 11) is 3.43. The van der Waals surface area contributed by atoms with Crippen molar-refractivity contribution in [1.29, 1.82) is 0 Å². The first kappa shape index (κ1) is 15.6. The summed E-state index contributed by atoms with van der Waals surface area (Å²) < 4.78 is 13.8. The molecule has 5 nitrogen and oxygen atoms in total. The maximum Gasteiger partial charge on any atom is 0.161 e. The molecule has 0 atom stereocenters. The number of aldehydes is 1. The summed E-state index contributed by atoms with van der Waals surface area (Å²) in [5.74, 6) is 1.13. The Morgan fingerprint density at radius 1 is 1.38 bits per heavy atom. The third-order valence-corrected chi connectivity index (χ3v) is 4.11. The van der Waals surface area contributed by atoms with Crippen LogP contribution in [0.2, 0.25) is 0 Å². The van der Waals surface area contributed by atoms with E-state index in [9.17, 15) is 4.79 Å². The lowest BCUT2D eigenvalue weighted by Gasteiger charge is -2.11. The Bertz CT molecular complexity index is 653. The maximum absolute atomic E-state index is 10.8. The molecule has 0 saturated carbocycles. The van der Waals surface area contributed by atoms with Crippen molar-refractivity contribution < 1.29 is 14.3 Å². The van der Waals surface area contributed by atoms with Crippen molar-refractivity contribution in [2.75, 3.05) is 7.11 Å². The van der Waals surface area contributed by atoms with Crippen molar-refractivity contribution in [3.05, 3.63) is 39.6 Å². The standard InChI is InChI=1S/C15H17BrN2O3/c1-4-11-15(16)12(18(2)17-11)9-21-13-6-5-10(8-19)7-14(13)20-3/h5-8H,4,9H2,1-3H3. The highest BCUT2D eigenvalue weighted by molar-refractivity contribution is 9.10. The number of carbonyl (C=O) groups is 1. The van der Waals surface area contributed by atoms with Crippen LogP contribution in [0.15, 0.2) is 22.7 Å². The summed E-state index contributed by atoms with van der Waals surface area (Å²) in [6.07, 6.45) is 1.63. The number of benzene rings is 1. The van der Waals surface area contributed by atoms with Crippen LogP contribution in [0.5, 0.6) is 11.5 Å². The van der Waals surface area contributed by atoms with E-state index < -0.39 is 0 Å². The van der Waals surface area contributed by atoms with E-state index in [-0.39, 0.29) is 0 Å². The summed E-state index contributed by atoms with van der Waals surface area (Å²) in [4.78, 5) is 10.8. The van der Waals surface area contributed by atoms with Gasteiger partial charge in [-0.3, -0.25) is 9.48 Å². The van der Waals surface area contributed by atoms with E-state index in [2.05, 4.69) is 28.0 Å². The highest BCUT2D eigenvalue weighted by atomic mass is 79.9. The minimum atomic E-state index is 0.362. The number of ether oxygens (including phenoxy) is 2. The van der Waals surface area contributed by atoms with Crippen LogP contribution in [-0.4, -0.2) is 23.2 Å². The van der Waals surface area contributed by atoms with Crippen molar-refractivity contribution in [1.82, 2.24) is 9.78 Å². The van der Waals surface area contributed by atoms with Crippen molar-refractivity contribution in [2.24, 2.45) is 7.05 Å². The zero-order valence-corrected chi connectivity index (χ0v) is 13.8. The zero-order chi connectivity index (χ0) is 15.4. The molecular formula is C15H17BrN2O3. The van der Waals surface area contributed by atoms with Gasteiger partial charge >= 0.3 is 0 Å². The minimum Gasteiger partial charge on any atom is -0.493 e. The molecule has 1 aromatic carbocycles. The molecule has 0 N–H and O–H groups in total. The zero-order valence-electron chi connectivity index (χ0n) is 12.2. The molecule has 2 rings (SSSR count). The van der Waals surface area contributed by atoms with Gasteiger partial charge in [0.2, 0.25) is 0 Å². The quantitative estimate of drug-likeness (QED) is 0.749. The summed E-state index contributed by atoms with van der Waals surface area (Å²) in [6, 6.07) is 5.08. The molecule has 112 valence electrons. The number of hydrogen-bond donors (Lipinski definition) is 0. The summed E-state index contributed by atoms with van der Waals surface area (Å²) in [5.41, 5.74) is 2.50. The fraction of sp³-hybridized carbons (Fsp3) is 0.333. The Balaban J connectivity index is 2.20. The van der Waals surface area contributed by atoms with Crippen LogP contribution in [-0.2, 0) is 20.1 Å². The largest absolute Gasteiger partial charge is 0.493 e. The first-order valence-electron chi connectivity index (χ1n) is 6.57. The van der Waals surface area contributed by atoms with Crippen LogP contribution >= 0.6 is 15.9 Å². The molecule has 0 spiro atoms. The Morgan fingerprint density at radius 2 is 2.14 bits per heavy atom. The second-order valence-corrected chi connectivity index (χ2v) is 5.29. The fourth-order valence-corrected chi connectivity index (χ4v) is 2.73. The first-order valence-corrected chi connectivity index (χ1v) is 7.36. The number of nitrogens with zero attached hydrogens (tertiary/aromatic N) is 2. The van der Waals surface area contributed by atoms with Crippen molar-refractivity contribution in [2.45, 2.75) is 20.0 Å². The number of rotatable bonds is 6. The van der Waals surface area contributed by atoms with E-state index in [1.54, 1.807) is 30.0 Å². The van der Waals surface area contributed by atoms with Crippen LogP contribution in [0.4, 0.5) is 0 Å². The first-order chi connectivity index (χ1) is 10.1. The Labute approximate surface area is 132 Å². The SMILES string of the molecule is CCc1nn(C)c(COc2ccc(C=O)cc2OC)c1Br. The van der Waals surface area contributed by atoms with Crippen LogP contribution in [0.3, 0.4) is 0 Å². The number of aryl methyl sites for hydroxylation is 2. The molecule has 0 unspecified atom stereocenters. The van der Waals surface area contributed by atoms with Crippen molar-refractivity contribution in [3.8, 4) is 11.5 Å². The van der Waals surface area contributed by atoms with Gasteiger partial charge in [-0.05, 0) is 40.5 Å². The number of carbonyl (C=O) groups excluding carboxylic acids is 1. The van der Waals surface area contributed by atoms with E-state index >= 15 is 0 Å². The second-order valence-electron chi connectivity index (χ2n) is 4.50. The molecular weight excluding hydrogens is 336 g/mol. The molecule has 0 aliphatic carbocycles. The summed E-state index contributed by atoms with van der Waals surface area (Å²) in [6.45, 7) is 2.42. The third-order valence-electron chi connectivity index (χ3n) is 3.19. The number of halogens is 1. The Morgan fingerprint density at radius 3 is 2.71 bits per heavy atom. The third kappa shape index (κ3) is 3.26. The molecule has 0 fully saturated rings. The molecule has 0 amide bonds. The number of methoxy groups -OCH3 is 1. The summed E-state index contributed by atoms with van der Waals surface area (Å²) >= 11 is 3.55. The van der Waals surface area contributed by atoms with Gasteiger partial charge in [0.05, 0.1) is 23.0 Å². The van der Waals surface area contributed by atoms with Gasteiger partial charge < -0.3 is 9.47 Å². The van der Waals surface area contributed by atoms with Crippen molar-refractivity contribution in [3.63, 3.8) is 0 Å². The molecule has 0 bridgehead atoms. The average molecular weight is 353 g/mol. The molecule has 2 aromatic rings. The van der Waals surface area contributed by atoms with Gasteiger partial charge in [0.15, 0.2) is 11.5 Å². The fourth-order valence-electron chi connectivity index (χ4n) is 2.00. The number of hydrogen-bond acceptors (Lipinski definition) is 4. The normalized spacial score (nSPS) is 10.5.